The summed E-state index contributed by atoms with van der Waals surface area (Å²) in [5.74, 6) is 1.72. The molecule has 0 saturated heterocycles. The third kappa shape index (κ3) is 4.50. The Bertz CT molecular complexity index is 757. The molecule has 1 amide bonds. The Morgan fingerprint density at radius 3 is 2.80 bits per heavy atom. The van der Waals surface area contributed by atoms with Gasteiger partial charge in [-0.25, -0.2) is 5.43 Å². The summed E-state index contributed by atoms with van der Waals surface area (Å²) < 4.78 is 16.1. The maximum Gasteiger partial charge on any atom is 0.271 e. The van der Waals surface area contributed by atoms with E-state index in [1.165, 1.54) is 0 Å². The second-order valence-corrected chi connectivity index (χ2v) is 5.54. The van der Waals surface area contributed by atoms with Gasteiger partial charge in [0.2, 0.25) is 6.79 Å². The quantitative estimate of drug-likeness (QED) is 0.477. The maximum absolute atomic E-state index is 12.1. The van der Waals surface area contributed by atoms with Crippen LogP contribution in [-0.4, -0.2) is 25.5 Å². The fraction of sp³-hybridized carbons (Fsp3) is 0.263. The standard InChI is InChI=1S/C19H20N2O4/c1-2-3-10-23-16-7-4-14(5-8-16)12-20-21-19(22)15-6-9-17-18(11-15)25-13-24-17/h4-9,11-12H,2-3,10,13H2,1H3,(H,21,22)/b20-12-. The zero-order valence-electron chi connectivity index (χ0n) is 14.0. The van der Waals surface area contributed by atoms with Crippen LogP contribution in [0.25, 0.3) is 0 Å². The number of ether oxygens (including phenoxy) is 3. The number of hydrazone groups is 1. The van der Waals surface area contributed by atoms with Crippen molar-refractivity contribution in [3.63, 3.8) is 0 Å². The van der Waals surface area contributed by atoms with Crippen molar-refractivity contribution >= 4 is 12.1 Å². The minimum Gasteiger partial charge on any atom is -0.494 e. The van der Waals surface area contributed by atoms with Gasteiger partial charge in [0, 0.05) is 5.56 Å². The Kier molecular flexibility index (Phi) is 5.51. The second-order valence-electron chi connectivity index (χ2n) is 5.54. The molecule has 0 bridgehead atoms. The number of hydrogen-bond acceptors (Lipinski definition) is 5. The van der Waals surface area contributed by atoms with E-state index in [1.807, 2.05) is 24.3 Å². The third-order valence-corrected chi connectivity index (χ3v) is 3.66. The van der Waals surface area contributed by atoms with E-state index >= 15 is 0 Å². The number of amides is 1. The Morgan fingerprint density at radius 2 is 2.00 bits per heavy atom. The number of carbonyl (C=O) groups is 1. The molecule has 1 heterocycles. The predicted octanol–water partition coefficient (Wildman–Crippen LogP) is 3.36. The largest absolute Gasteiger partial charge is 0.494 e. The number of hydrogen-bond donors (Lipinski definition) is 1. The number of nitrogens with one attached hydrogen (secondary N) is 1. The molecule has 6 nitrogen and oxygen atoms in total. The summed E-state index contributed by atoms with van der Waals surface area (Å²) in [5, 5.41) is 3.98. The van der Waals surface area contributed by atoms with Crippen molar-refractivity contribution in [2.24, 2.45) is 5.10 Å². The zero-order chi connectivity index (χ0) is 17.5. The Hall–Kier alpha value is -3.02. The van der Waals surface area contributed by atoms with Gasteiger partial charge in [-0.3, -0.25) is 4.79 Å². The number of unbranched alkanes of at least 4 members (excludes halogenated alkanes) is 1. The van der Waals surface area contributed by atoms with Crippen LogP contribution in [0.5, 0.6) is 17.2 Å². The lowest BCUT2D eigenvalue weighted by molar-refractivity contribution is 0.0954. The summed E-state index contributed by atoms with van der Waals surface area (Å²) in [5.41, 5.74) is 3.83. The van der Waals surface area contributed by atoms with Gasteiger partial charge >= 0.3 is 0 Å². The van der Waals surface area contributed by atoms with Crippen molar-refractivity contribution in [3.05, 3.63) is 53.6 Å². The monoisotopic (exact) mass is 340 g/mol. The Morgan fingerprint density at radius 1 is 1.20 bits per heavy atom. The van der Waals surface area contributed by atoms with Gasteiger partial charge in [0.05, 0.1) is 12.8 Å². The van der Waals surface area contributed by atoms with E-state index in [1.54, 1.807) is 24.4 Å². The summed E-state index contributed by atoms with van der Waals surface area (Å²) in [4.78, 5) is 12.1. The predicted molar refractivity (Wildman–Crippen MR) is 94.5 cm³/mol. The number of benzene rings is 2. The molecule has 130 valence electrons. The molecule has 0 aromatic heterocycles. The number of carbonyl (C=O) groups excluding carboxylic acids is 1. The molecule has 1 N–H and O–H groups in total. The zero-order valence-corrected chi connectivity index (χ0v) is 14.0. The van der Waals surface area contributed by atoms with Crippen LogP contribution in [0.2, 0.25) is 0 Å². The molecule has 0 radical (unpaired) electrons. The van der Waals surface area contributed by atoms with Gasteiger partial charge in [-0.1, -0.05) is 13.3 Å². The average Bonchev–Trinajstić information content (AvgIpc) is 3.11. The van der Waals surface area contributed by atoms with Crippen LogP contribution in [0.15, 0.2) is 47.6 Å². The highest BCUT2D eigenvalue weighted by atomic mass is 16.7. The summed E-state index contributed by atoms with van der Waals surface area (Å²) in [6.07, 6.45) is 3.73. The molecule has 0 fully saturated rings. The van der Waals surface area contributed by atoms with E-state index < -0.39 is 0 Å². The molecule has 1 aliphatic heterocycles. The van der Waals surface area contributed by atoms with E-state index in [0.29, 0.717) is 17.1 Å². The summed E-state index contributed by atoms with van der Waals surface area (Å²) >= 11 is 0. The molecule has 2 aromatic rings. The van der Waals surface area contributed by atoms with Crippen molar-refractivity contribution < 1.29 is 19.0 Å². The normalized spacial score (nSPS) is 12.4. The molecule has 0 spiro atoms. The van der Waals surface area contributed by atoms with Crippen LogP contribution in [0, 0.1) is 0 Å². The number of fused-ring (bicyclic) bond motifs is 1. The van der Waals surface area contributed by atoms with Crippen molar-refractivity contribution in [2.75, 3.05) is 13.4 Å². The molecular formula is C19H20N2O4. The highest BCUT2D eigenvalue weighted by Crippen LogP contribution is 2.32. The summed E-state index contributed by atoms with van der Waals surface area (Å²) in [6.45, 7) is 3.02. The minimum absolute atomic E-state index is 0.177. The molecule has 0 unspecified atom stereocenters. The first-order chi connectivity index (χ1) is 12.3. The highest BCUT2D eigenvalue weighted by Gasteiger charge is 2.15. The van der Waals surface area contributed by atoms with E-state index in [0.717, 1.165) is 30.8 Å². The molecule has 0 atom stereocenters. The van der Waals surface area contributed by atoms with E-state index in [4.69, 9.17) is 14.2 Å². The number of nitrogens with zero attached hydrogens (tertiary/aromatic N) is 1. The molecule has 1 aliphatic rings. The lowest BCUT2D eigenvalue weighted by Crippen LogP contribution is -2.17. The lowest BCUT2D eigenvalue weighted by atomic mass is 10.2. The van der Waals surface area contributed by atoms with Gasteiger partial charge in [-0.2, -0.15) is 5.10 Å². The fourth-order valence-corrected chi connectivity index (χ4v) is 2.25. The van der Waals surface area contributed by atoms with E-state index in [-0.39, 0.29) is 12.7 Å². The van der Waals surface area contributed by atoms with Gasteiger partial charge < -0.3 is 14.2 Å². The topological polar surface area (TPSA) is 69.2 Å². The number of rotatable bonds is 7. The first kappa shape index (κ1) is 16.8. The van der Waals surface area contributed by atoms with Crippen molar-refractivity contribution in [2.45, 2.75) is 19.8 Å². The van der Waals surface area contributed by atoms with Crippen LogP contribution in [0.4, 0.5) is 0 Å². The third-order valence-electron chi connectivity index (χ3n) is 3.66. The van der Waals surface area contributed by atoms with Crippen LogP contribution in [-0.2, 0) is 0 Å². The highest BCUT2D eigenvalue weighted by molar-refractivity contribution is 5.95. The molecule has 3 rings (SSSR count). The molecule has 6 heteroatoms. The SMILES string of the molecule is CCCCOc1ccc(/C=N\NC(=O)c2ccc3c(c2)OCO3)cc1. The van der Waals surface area contributed by atoms with Gasteiger partial charge in [0.25, 0.3) is 5.91 Å². The van der Waals surface area contributed by atoms with Gasteiger partial charge in [0.15, 0.2) is 11.5 Å². The van der Waals surface area contributed by atoms with E-state index in [2.05, 4.69) is 17.5 Å². The van der Waals surface area contributed by atoms with Gasteiger partial charge in [-0.05, 0) is 54.4 Å². The molecular weight excluding hydrogens is 320 g/mol. The van der Waals surface area contributed by atoms with Crippen LogP contribution in [0.3, 0.4) is 0 Å². The molecule has 25 heavy (non-hydrogen) atoms. The maximum atomic E-state index is 12.1. The minimum atomic E-state index is -0.311. The van der Waals surface area contributed by atoms with Crippen molar-refractivity contribution in [1.29, 1.82) is 0 Å². The first-order valence-electron chi connectivity index (χ1n) is 8.22. The molecule has 0 saturated carbocycles. The second kappa shape index (κ2) is 8.19. The molecule has 0 aliphatic carbocycles. The van der Waals surface area contributed by atoms with Gasteiger partial charge in [-0.15, -0.1) is 0 Å². The van der Waals surface area contributed by atoms with Crippen LogP contribution in [0.1, 0.15) is 35.7 Å². The van der Waals surface area contributed by atoms with Crippen LogP contribution >= 0.6 is 0 Å². The smallest absolute Gasteiger partial charge is 0.271 e. The van der Waals surface area contributed by atoms with Crippen LogP contribution < -0.4 is 19.6 Å². The van der Waals surface area contributed by atoms with Crippen molar-refractivity contribution in [3.8, 4) is 17.2 Å². The Labute approximate surface area is 146 Å². The van der Waals surface area contributed by atoms with Gasteiger partial charge in [0.1, 0.15) is 5.75 Å². The molecule has 2 aromatic carbocycles. The van der Waals surface area contributed by atoms with E-state index in [9.17, 15) is 4.79 Å². The lowest BCUT2D eigenvalue weighted by Gasteiger charge is -2.05. The average molecular weight is 340 g/mol. The van der Waals surface area contributed by atoms with Crippen molar-refractivity contribution in [1.82, 2.24) is 5.43 Å². The fourth-order valence-electron chi connectivity index (χ4n) is 2.25. The summed E-state index contributed by atoms with van der Waals surface area (Å²) in [7, 11) is 0. The Balaban J connectivity index is 1.53. The summed E-state index contributed by atoms with van der Waals surface area (Å²) in [6, 6.07) is 12.6. The first-order valence-corrected chi connectivity index (χ1v) is 8.22.